The van der Waals surface area contributed by atoms with Gasteiger partial charge in [-0.2, -0.15) is 0 Å². The van der Waals surface area contributed by atoms with Crippen molar-refractivity contribution in [2.45, 2.75) is 0 Å². The summed E-state index contributed by atoms with van der Waals surface area (Å²) in [5, 5.41) is -0.153. The minimum Gasteiger partial charge on any atom is -0.118 e. The highest BCUT2D eigenvalue weighted by Gasteiger charge is 2.12. The van der Waals surface area contributed by atoms with Gasteiger partial charge in [0.25, 0.3) is 0 Å². The molecule has 40 valence electrons. The van der Waals surface area contributed by atoms with Crippen molar-refractivity contribution in [1.82, 2.24) is 10.5 Å². The zero-order valence-corrected chi connectivity index (χ0v) is 3.51. The van der Waals surface area contributed by atoms with Crippen molar-refractivity contribution < 1.29 is 8.96 Å². The molecule has 0 saturated heterocycles. The molecule has 0 saturated carbocycles. The Bertz CT molecular complexity index is 92.9. The van der Waals surface area contributed by atoms with E-state index in [-0.39, 0.29) is 17.0 Å². The van der Waals surface area contributed by atoms with E-state index in [1.807, 2.05) is 0 Å². The van der Waals surface area contributed by atoms with Crippen LogP contribution in [0.15, 0.2) is 12.3 Å². The van der Waals surface area contributed by atoms with Crippen LogP contribution in [0.3, 0.4) is 0 Å². The van der Waals surface area contributed by atoms with Crippen molar-refractivity contribution >= 4 is 0 Å². The molecule has 0 aromatic rings. The maximum Gasteiger partial charge on any atom is 0.0731 e. The molecule has 1 heterocycles. The number of hydrogen-bond donors (Lipinski definition) is 0. The van der Waals surface area contributed by atoms with Crippen molar-refractivity contribution in [3.8, 4) is 0 Å². The second-order valence-corrected chi connectivity index (χ2v) is 1.19. The van der Waals surface area contributed by atoms with E-state index < -0.39 is 0 Å². The Hall–Kier alpha value is -0.640. The van der Waals surface area contributed by atoms with E-state index in [0.717, 1.165) is 6.20 Å². The quantitative estimate of drug-likeness (QED) is 0.421. The SMILES string of the molecule is FN1C=CCN1F. The molecular formula is C3H4F2N2. The van der Waals surface area contributed by atoms with Crippen LogP contribution >= 0.6 is 0 Å². The predicted octanol–water partition coefficient (Wildman–Crippen LogP) is 0.802. The fraction of sp³-hybridized carbons (Fsp3) is 0.333. The van der Waals surface area contributed by atoms with Gasteiger partial charge in [-0.15, -0.1) is 9.71 Å². The maximum atomic E-state index is 11.6. The first-order valence-electron chi connectivity index (χ1n) is 1.85. The molecule has 0 aromatic heterocycles. The molecule has 0 spiro atoms. The van der Waals surface area contributed by atoms with E-state index >= 15 is 0 Å². The average Bonchev–Trinajstić information content (AvgIpc) is 1.91. The summed E-state index contributed by atoms with van der Waals surface area (Å²) in [6.07, 6.45) is 2.39. The summed E-state index contributed by atoms with van der Waals surface area (Å²) in [5.74, 6) is 0. The lowest BCUT2D eigenvalue weighted by Gasteiger charge is -2.06. The molecular weight excluding hydrogens is 102 g/mol. The third kappa shape index (κ3) is 0.691. The lowest BCUT2D eigenvalue weighted by molar-refractivity contribution is -0.219. The Kier molecular flexibility index (Phi) is 0.941. The molecule has 0 radical (unpaired) electrons. The third-order valence-electron chi connectivity index (χ3n) is 0.692. The first-order valence-corrected chi connectivity index (χ1v) is 1.85. The molecule has 0 aromatic carbocycles. The van der Waals surface area contributed by atoms with Crippen LogP contribution in [0.2, 0.25) is 0 Å². The van der Waals surface area contributed by atoms with Gasteiger partial charge in [-0.05, 0) is 11.3 Å². The normalized spacial score (nSPS) is 21.7. The predicted molar refractivity (Wildman–Crippen MR) is 19.9 cm³/mol. The fourth-order valence-corrected chi connectivity index (χ4v) is 0.371. The van der Waals surface area contributed by atoms with Crippen LogP contribution in [0.4, 0.5) is 8.96 Å². The Labute approximate surface area is 39.5 Å². The van der Waals surface area contributed by atoms with Crippen LogP contribution in [0.1, 0.15) is 0 Å². The largest absolute Gasteiger partial charge is 0.118 e. The molecule has 0 aliphatic carbocycles. The van der Waals surface area contributed by atoms with Crippen molar-refractivity contribution in [2.75, 3.05) is 6.54 Å². The summed E-state index contributed by atoms with van der Waals surface area (Å²) >= 11 is 0. The number of hydrazine groups is 1. The van der Waals surface area contributed by atoms with Gasteiger partial charge < -0.3 is 0 Å². The number of halogens is 2. The van der Waals surface area contributed by atoms with E-state index in [1.54, 1.807) is 0 Å². The van der Waals surface area contributed by atoms with Gasteiger partial charge >= 0.3 is 0 Å². The molecule has 0 N–H and O–H groups in total. The van der Waals surface area contributed by atoms with Gasteiger partial charge in [-0.1, -0.05) is 4.48 Å². The van der Waals surface area contributed by atoms with Crippen molar-refractivity contribution in [1.29, 1.82) is 0 Å². The monoisotopic (exact) mass is 106 g/mol. The van der Waals surface area contributed by atoms with Crippen molar-refractivity contribution in [3.05, 3.63) is 12.3 Å². The highest BCUT2D eigenvalue weighted by Crippen LogP contribution is 2.06. The number of nitrogens with zero attached hydrogens (tertiary/aromatic N) is 2. The molecule has 1 aliphatic heterocycles. The van der Waals surface area contributed by atoms with Gasteiger partial charge in [0.2, 0.25) is 0 Å². The molecule has 0 bridgehead atoms. The first-order chi connectivity index (χ1) is 3.30. The van der Waals surface area contributed by atoms with Crippen LogP contribution in [0, 0.1) is 0 Å². The summed E-state index contributed by atoms with van der Waals surface area (Å²) in [4.78, 5) is 0. The molecule has 7 heavy (non-hydrogen) atoms. The molecule has 0 unspecified atom stereocenters. The van der Waals surface area contributed by atoms with E-state index in [1.165, 1.54) is 6.08 Å². The van der Waals surface area contributed by atoms with Crippen molar-refractivity contribution in [2.24, 2.45) is 0 Å². The van der Waals surface area contributed by atoms with E-state index in [2.05, 4.69) is 0 Å². The molecule has 0 amide bonds. The molecule has 2 nitrogen and oxygen atoms in total. The van der Waals surface area contributed by atoms with Gasteiger partial charge in [-0.3, -0.25) is 0 Å². The van der Waals surface area contributed by atoms with E-state index in [4.69, 9.17) is 0 Å². The summed E-state index contributed by atoms with van der Waals surface area (Å²) in [6.45, 7) is 0.0104. The second kappa shape index (κ2) is 1.46. The van der Waals surface area contributed by atoms with Crippen LogP contribution in [-0.2, 0) is 0 Å². The summed E-state index contributed by atoms with van der Waals surface area (Å²) in [5.41, 5.74) is 0. The van der Waals surface area contributed by atoms with Crippen molar-refractivity contribution in [3.63, 3.8) is 0 Å². The van der Waals surface area contributed by atoms with Gasteiger partial charge in [-0.25, -0.2) is 0 Å². The lowest BCUT2D eigenvalue weighted by Crippen LogP contribution is -2.18. The highest BCUT2D eigenvalue weighted by molar-refractivity contribution is 4.84. The average molecular weight is 106 g/mol. The zero-order valence-electron chi connectivity index (χ0n) is 3.51. The number of rotatable bonds is 0. The smallest absolute Gasteiger partial charge is 0.0731 e. The molecule has 1 rings (SSSR count). The molecule has 0 atom stereocenters. The minimum absolute atomic E-state index is 0.0104. The Balaban J connectivity index is 2.45. The Morgan fingerprint density at radius 2 is 2.14 bits per heavy atom. The van der Waals surface area contributed by atoms with Crippen LogP contribution in [-0.4, -0.2) is 17.0 Å². The minimum atomic E-state index is -0.111. The maximum absolute atomic E-state index is 11.6. The van der Waals surface area contributed by atoms with Gasteiger partial charge in [0.15, 0.2) is 0 Å². The first kappa shape index (κ1) is 4.52. The van der Waals surface area contributed by atoms with Gasteiger partial charge in [0, 0.05) is 0 Å². The summed E-state index contributed by atoms with van der Waals surface area (Å²) in [6, 6.07) is 0. The molecule has 1 aliphatic rings. The molecule has 4 heteroatoms. The summed E-state index contributed by atoms with van der Waals surface area (Å²) in [7, 11) is 0. The van der Waals surface area contributed by atoms with Gasteiger partial charge in [0.05, 0.1) is 12.7 Å². The standard InChI is InChI=1S/C3H4F2N2/c4-6-2-1-3-7(6)5/h1-2H,3H2. The second-order valence-electron chi connectivity index (χ2n) is 1.19. The third-order valence-corrected chi connectivity index (χ3v) is 0.692. The Morgan fingerprint density at radius 3 is 2.29 bits per heavy atom. The zero-order chi connectivity index (χ0) is 5.28. The molecule has 0 fully saturated rings. The van der Waals surface area contributed by atoms with Gasteiger partial charge in [0.1, 0.15) is 0 Å². The number of hydrogen-bond acceptors (Lipinski definition) is 2. The fourth-order valence-electron chi connectivity index (χ4n) is 0.371. The van der Waals surface area contributed by atoms with E-state index in [0.29, 0.717) is 0 Å². The van der Waals surface area contributed by atoms with Crippen LogP contribution in [0.25, 0.3) is 0 Å². The van der Waals surface area contributed by atoms with E-state index in [9.17, 15) is 8.96 Å². The van der Waals surface area contributed by atoms with Crippen LogP contribution in [0.5, 0.6) is 0 Å². The topological polar surface area (TPSA) is 6.48 Å². The summed E-state index contributed by atoms with van der Waals surface area (Å²) < 4.78 is 23.3. The Morgan fingerprint density at radius 1 is 1.43 bits per heavy atom. The van der Waals surface area contributed by atoms with Crippen LogP contribution < -0.4 is 0 Å². The highest BCUT2D eigenvalue weighted by atomic mass is 19.2. The lowest BCUT2D eigenvalue weighted by atomic mass is 10.7.